The van der Waals surface area contributed by atoms with E-state index in [0.29, 0.717) is 25.4 Å². The average molecular weight is 237 g/mol. The lowest BCUT2D eigenvalue weighted by Crippen LogP contribution is -2.54. The molecular formula is C14H23NO2. The SMILES string of the molecule is CC1CCCC(C#N)(C2(O)CCOC(C)C2)C1. The summed E-state index contributed by atoms with van der Waals surface area (Å²) in [4.78, 5) is 0. The lowest BCUT2D eigenvalue weighted by molar-refractivity contribution is -0.159. The molecule has 1 saturated carbocycles. The molecule has 0 radical (unpaired) electrons. The van der Waals surface area contributed by atoms with Crippen LogP contribution in [0.15, 0.2) is 0 Å². The maximum atomic E-state index is 10.9. The molecule has 1 heterocycles. The van der Waals surface area contributed by atoms with Gasteiger partial charge in [-0.25, -0.2) is 0 Å². The summed E-state index contributed by atoms with van der Waals surface area (Å²) in [5.41, 5.74) is -1.38. The van der Waals surface area contributed by atoms with Crippen molar-refractivity contribution < 1.29 is 9.84 Å². The maximum Gasteiger partial charge on any atom is 0.0879 e. The Morgan fingerprint density at radius 1 is 1.29 bits per heavy atom. The Bertz CT molecular complexity index is 325. The van der Waals surface area contributed by atoms with Gasteiger partial charge >= 0.3 is 0 Å². The van der Waals surface area contributed by atoms with Gasteiger partial charge in [-0.3, -0.25) is 0 Å². The zero-order valence-electron chi connectivity index (χ0n) is 10.9. The molecule has 0 aromatic carbocycles. The number of hydrogen-bond acceptors (Lipinski definition) is 3. The molecule has 17 heavy (non-hydrogen) atoms. The lowest BCUT2D eigenvalue weighted by Gasteiger charge is -2.49. The highest BCUT2D eigenvalue weighted by atomic mass is 16.5. The number of nitriles is 1. The first-order valence-corrected chi connectivity index (χ1v) is 6.77. The van der Waals surface area contributed by atoms with Crippen molar-refractivity contribution in [3.63, 3.8) is 0 Å². The minimum atomic E-state index is -0.839. The molecule has 2 fully saturated rings. The molecule has 1 aliphatic carbocycles. The number of nitrogens with zero attached hydrogens (tertiary/aromatic N) is 1. The molecule has 1 saturated heterocycles. The smallest absolute Gasteiger partial charge is 0.0879 e. The van der Waals surface area contributed by atoms with Crippen LogP contribution in [0.2, 0.25) is 0 Å². The normalized spacial score (nSPS) is 47.4. The van der Waals surface area contributed by atoms with Gasteiger partial charge in [0.05, 0.1) is 23.2 Å². The van der Waals surface area contributed by atoms with E-state index in [2.05, 4.69) is 13.0 Å². The largest absolute Gasteiger partial charge is 0.388 e. The molecule has 3 nitrogen and oxygen atoms in total. The van der Waals surface area contributed by atoms with Crippen LogP contribution in [0, 0.1) is 22.7 Å². The highest BCUT2D eigenvalue weighted by Crippen LogP contribution is 2.51. The van der Waals surface area contributed by atoms with Crippen LogP contribution in [0.3, 0.4) is 0 Å². The minimum Gasteiger partial charge on any atom is -0.388 e. The Morgan fingerprint density at radius 2 is 2.06 bits per heavy atom. The summed E-state index contributed by atoms with van der Waals surface area (Å²) in [6, 6.07) is 2.47. The monoisotopic (exact) mass is 237 g/mol. The first-order chi connectivity index (χ1) is 8.01. The second-order valence-electron chi connectivity index (χ2n) is 6.06. The van der Waals surface area contributed by atoms with E-state index in [4.69, 9.17) is 4.74 Å². The zero-order chi connectivity index (χ0) is 12.5. The fourth-order valence-electron chi connectivity index (χ4n) is 3.68. The quantitative estimate of drug-likeness (QED) is 0.762. The molecule has 96 valence electrons. The van der Waals surface area contributed by atoms with Crippen molar-refractivity contribution in [2.24, 2.45) is 11.3 Å². The highest BCUT2D eigenvalue weighted by Gasteiger charge is 2.53. The standard InChI is InChI=1S/C14H23NO2/c1-11-4-3-5-13(8-11,10-15)14(16)6-7-17-12(2)9-14/h11-12,16H,3-9H2,1-2H3. The predicted octanol–water partition coefficient (Wildman–Crippen LogP) is 2.64. The van der Waals surface area contributed by atoms with Crippen LogP contribution in [0.25, 0.3) is 0 Å². The molecule has 1 aliphatic heterocycles. The average Bonchev–Trinajstić information content (AvgIpc) is 2.28. The van der Waals surface area contributed by atoms with E-state index in [1.54, 1.807) is 0 Å². The van der Waals surface area contributed by atoms with E-state index in [1.165, 1.54) is 6.42 Å². The Morgan fingerprint density at radius 3 is 2.65 bits per heavy atom. The van der Waals surface area contributed by atoms with Crippen molar-refractivity contribution in [2.75, 3.05) is 6.61 Å². The summed E-state index contributed by atoms with van der Waals surface area (Å²) in [5, 5.41) is 20.5. The fraction of sp³-hybridized carbons (Fsp3) is 0.929. The van der Waals surface area contributed by atoms with Gasteiger partial charge in [-0.1, -0.05) is 19.8 Å². The van der Waals surface area contributed by atoms with Crippen molar-refractivity contribution in [3.8, 4) is 6.07 Å². The third-order valence-corrected chi connectivity index (χ3v) is 4.65. The van der Waals surface area contributed by atoms with Crippen molar-refractivity contribution in [3.05, 3.63) is 0 Å². The number of hydrogen-bond donors (Lipinski definition) is 1. The molecule has 4 atom stereocenters. The van der Waals surface area contributed by atoms with Crippen LogP contribution in [0.4, 0.5) is 0 Å². The van der Waals surface area contributed by atoms with Crippen molar-refractivity contribution in [2.45, 2.75) is 64.1 Å². The molecule has 0 aromatic rings. The van der Waals surface area contributed by atoms with E-state index in [-0.39, 0.29) is 6.10 Å². The summed E-state index contributed by atoms with van der Waals surface area (Å²) < 4.78 is 5.51. The van der Waals surface area contributed by atoms with Gasteiger partial charge in [0.25, 0.3) is 0 Å². The lowest BCUT2D eigenvalue weighted by atomic mass is 9.59. The van der Waals surface area contributed by atoms with Gasteiger partial charge < -0.3 is 9.84 Å². The van der Waals surface area contributed by atoms with Gasteiger partial charge in [0, 0.05) is 19.4 Å². The van der Waals surface area contributed by atoms with Crippen molar-refractivity contribution >= 4 is 0 Å². The molecule has 0 spiro atoms. The van der Waals surface area contributed by atoms with E-state index in [1.807, 2.05) is 6.92 Å². The summed E-state index contributed by atoms with van der Waals surface area (Å²) >= 11 is 0. The zero-order valence-corrected chi connectivity index (χ0v) is 10.9. The Hall–Kier alpha value is -0.590. The number of ether oxygens (including phenoxy) is 1. The molecule has 4 unspecified atom stereocenters. The third kappa shape index (κ3) is 2.21. The number of aliphatic hydroxyl groups is 1. The van der Waals surface area contributed by atoms with Gasteiger partial charge in [0.2, 0.25) is 0 Å². The summed E-state index contributed by atoms with van der Waals surface area (Å²) in [7, 11) is 0. The van der Waals surface area contributed by atoms with E-state index in [0.717, 1.165) is 19.3 Å². The van der Waals surface area contributed by atoms with Crippen LogP contribution in [-0.2, 0) is 4.74 Å². The fourth-order valence-corrected chi connectivity index (χ4v) is 3.68. The second-order valence-corrected chi connectivity index (χ2v) is 6.06. The maximum absolute atomic E-state index is 10.9. The van der Waals surface area contributed by atoms with Gasteiger partial charge in [-0.15, -0.1) is 0 Å². The predicted molar refractivity (Wildman–Crippen MR) is 65.3 cm³/mol. The summed E-state index contributed by atoms with van der Waals surface area (Å²) in [6.45, 7) is 4.76. The first-order valence-electron chi connectivity index (χ1n) is 6.77. The summed E-state index contributed by atoms with van der Waals surface area (Å²) in [5.74, 6) is 0.547. The van der Waals surface area contributed by atoms with Crippen LogP contribution in [-0.4, -0.2) is 23.4 Å². The molecule has 1 N–H and O–H groups in total. The Kier molecular flexibility index (Phi) is 3.47. The molecule has 2 rings (SSSR count). The van der Waals surface area contributed by atoms with Crippen LogP contribution in [0.5, 0.6) is 0 Å². The molecule has 3 heteroatoms. The summed E-state index contributed by atoms with van der Waals surface area (Å²) in [6.07, 6.45) is 5.21. The highest BCUT2D eigenvalue weighted by molar-refractivity contribution is 5.14. The topological polar surface area (TPSA) is 53.2 Å². The van der Waals surface area contributed by atoms with Crippen LogP contribution in [0.1, 0.15) is 52.4 Å². The Labute approximate surface area is 104 Å². The van der Waals surface area contributed by atoms with Gasteiger partial charge in [-0.05, 0) is 25.7 Å². The van der Waals surface area contributed by atoms with Gasteiger partial charge in [0.1, 0.15) is 0 Å². The van der Waals surface area contributed by atoms with Gasteiger partial charge in [-0.2, -0.15) is 5.26 Å². The third-order valence-electron chi connectivity index (χ3n) is 4.65. The van der Waals surface area contributed by atoms with E-state index >= 15 is 0 Å². The second kappa shape index (κ2) is 4.59. The number of rotatable bonds is 1. The Balaban J connectivity index is 2.24. The molecule has 0 aromatic heterocycles. The van der Waals surface area contributed by atoms with Crippen molar-refractivity contribution in [1.29, 1.82) is 5.26 Å². The van der Waals surface area contributed by atoms with E-state index in [9.17, 15) is 10.4 Å². The van der Waals surface area contributed by atoms with Gasteiger partial charge in [0.15, 0.2) is 0 Å². The van der Waals surface area contributed by atoms with Crippen LogP contribution >= 0.6 is 0 Å². The molecule has 0 amide bonds. The molecule has 2 aliphatic rings. The minimum absolute atomic E-state index is 0.0659. The van der Waals surface area contributed by atoms with Crippen LogP contribution < -0.4 is 0 Å². The molecular weight excluding hydrogens is 214 g/mol. The first kappa shape index (κ1) is 12.9. The molecule has 0 bridgehead atoms. The van der Waals surface area contributed by atoms with E-state index < -0.39 is 11.0 Å². The van der Waals surface area contributed by atoms with Crippen molar-refractivity contribution in [1.82, 2.24) is 0 Å².